The molecule has 0 saturated heterocycles. The van der Waals surface area contributed by atoms with Crippen molar-refractivity contribution >= 4 is 11.7 Å². The fraction of sp³-hybridized carbons (Fsp3) is 0.417. The summed E-state index contributed by atoms with van der Waals surface area (Å²) < 4.78 is 13.4. The van der Waals surface area contributed by atoms with Crippen LogP contribution in [0.15, 0.2) is 18.2 Å². The van der Waals surface area contributed by atoms with Gasteiger partial charge in [0.1, 0.15) is 5.82 Å². The molecule has 0 fully saturated rings. The zero-order valence-corrected chi connectivity index (χ0v) is 9.03. The van der Waals surface area contributed by atoms with Gasteiger partial charge in [-0.25, -0.2) is 4.39 Å². The quantitative estimate of drug-likeness (QED) is 0.826. The van der Waals surface area contributed by atoms with Crippen LogP contribution in [0.25, 0.3) is 0 Å². The summed E-state index contributed by atoms with van der Waals surface area (Å²) in [7, 11) is 0. The van der Waals surface area contributed by atoms with Gasteiger partial charge in [-0.3, -0.25) is 4.79 Å². The first-order valence-corrected chi connectivity index (χ1v) is 5.34. The van der Waals surface area contributed by atoms with Gasteiger partial charge >= 0.3 is 5.97 Å². The van der Waals surface area contributed by atoms with E-state index in [2.05, 4.69) is 5.32 Å². The molecule has 0 amide bonds. The minimum absolute atomic E-state index is 0.0259. The third-order valence-corrected chi connectivity index (χ3v) is 2.99. The van der Waals surface area contributed by atoms with E-state index in [0.29, 0.717) is 18.4 Å². The van der Waals surface area contributed by atoms with Crippen molar-refractivity contribution in [2.75, 3.05) is 5.32 Å². The minimum atomic E-state index is -0.807. The molecule has 3 nitrogen and oxygen atoms in total. The number of carboxylic acid groups (broad SMARTS) is 1. The van der Waals surface area contributed by atoms with Crippen LogP contribution in [0.4, 0.5) is 10.1 Å². The van der Waals surface area contributed by atoms with Crippen molar-refractivity contribution in [3.8, 4) is 0 Å². The minimum Gasteiger partial charge on any atom is -0.481 e. The van der Waals surface area contributed by atoms with E-state index in [1.807, 2.05) is 6.07 Å². The number of benzene rings is 1. The molecule has 1 aromatic rings. The lowest BCUT2D eigenvalue weighted by atomic mass is 9.99. The Balaban J connectivity index is 2.06. The first kappa shape index (κ1) is 10.9. The van der Waals surface area contributed by atoms with Crippen molar-refractivity contribution in [1.29, 1.82) is 0 Å². The third-order valence-electron chi connectivity index (χ3n) is 2.99. The summed E-state index contributed by atoms with van der Waals surface area (Å²) in [6, 6.07) is 4.94. The summed E-state index contributed by atoms with van der Waals surface area (Å²) in [5.41, 5.74) is 1.47. The molecule has 1 heterocycles. The normalized spacial score (nSPS) is 20.0. The maximum atomic E-state index is 13.4. The van der Waals surface area contributed by atoms with E-state index < -0.39 is 11.9 Å². The predicted octanol–water partition coefficient (Wildman–Crippen LogP) is 2.27. The van der Waals surface area contributed by atoms with Crippen molar-refractivity contribution in [3.63, 3.8) is 0 Å². The van der Waals surface area contributed by atoms with Crippen LogP contribution in [0.5, 0.6) is 0 Å². The van der Waals surface area contributed by atoms with E-state index in [0.717, 1.165) is 5.69 Å². The Hall–Kier alpha value is -1.58. The predicted molar refractivity (Wildman–Crippen MR) is 58.9 cm³/mol. The molecule has 0 spiro atoms. The number of carbonyl (C=O) groups is 1. The van der Waals surface area contributed by atoms with Crippen LogP contribution in [0, 0.1) is 11.7 Å². The second-order valence-electron chi connectivity index (χ2n) is 4.29. The first-order valence-electron chi connectivity index (χ1n) is 5.34. The SMILES string of the molecule is CC(CC1Cc2c(F)cccc2N1)C(=O)O. The second-order valence-corrected chi connectivity index (χ2v) is 4.29. The van der Waals surface area contributed by atoms with Gasteiger partial charge < -0.3 is 10.4 Å². The van der Waals surface area contributed by atoms with Crippen molar-refractivity contribution in [3.05, 3.63) is 29.6 Å². The number of rotatable bonds is 3. The maximum Gasteiger partial charge on any atom is 0.306 e. The van der Waals surface area contributed by atoms with E-state index in [1.165, 1.54) is 6.07 Å². The van der Waals surface area contributed by atoms with Crippen LogP contribution in [-0.2, 0) is 11.2 Å². The monoisotopic (exact) mass is 223 g/mol. The van der Waals surface area contributed by atoms with E-state index in [-0.39, 0.29) is 11.9 Å². The van der Waals surface area contributed by atoms with Gasteiger partial charge in [-0.1, -0.05) is 13.0 Å². The van der Waals surface area contributed by atoms with Gasteiger partial charge in [-0.2, -0.15) is 0 Å². The van der Waals surface area contributed by atoms with Gasteiger partial charge in [0.25, 0.3) is 0 Å². The van der Waals surface area contributed by atoms with E-state index in [1.54, 1.807) is 13.0 Å². The number of hydrogen-bond acceptors (Lipinski definition) is 2. The highest BCUT2D eigenvalue weighted by Gasteiger charge is 2.26. The Kier molecular flexibility index (Phi) is 2.81. The number of fused-ring (bicyclic) bond motifs is 1. The van der Waals surface area contributed by atoms with Gasteiger partial charge in [0.05, 0.1) is 5.92 Å². The first-order chi connectivity index (χ1) is 7.58. The molecule has 2 atom stereocenters. The smallest absolute Gasteiger partial charge is 0.306 e. The van der Waals surface area contributed by atoms with Crippen molar-refractivity contribution in [2.24, 2.45) is 5.92 Å². The lowest BCUT2D eigenvalue weighted by Gasteiger charge is -2.13. The second kappa shape index (κ2) is 4.12. The molecule has 0 radical (unpaired) electrons. The van der Waals surface area contributed by atoms with Gasteiger partial charge in [0.2, 0.25) is 0 Å². The van der Waals surface area contributed by atoms with Crippen molar-refractivity contribution in [2.45, 2.75) is 25.8 Å². The summed E-state index contributed by atoms with van der Waals surface area (Å²) in [4.78, 5) is 10.7. The lowest BCUT2D eigenvalue weighted by Crippen LogP contribution is -2.22. The van der Waals surface area contributed by atoms with Crippen LogP contribution in [-0.4, -0.2) is 17.1 Å². The maximum absolute atomic E-state index is 13.4. The number of halogens is 1. The van der Waals surface area contributed by atoms with Crippen molar-refractivity contribution in [1.82, 2.24) is 0 Å². The molecule has 0 saturated carbocycles. The van der Waals surface area contributed by atoms with Crippen LogP contribution >= 0.6 is 0 Å². The zero-order valence-electron chi connectivity index (χ0n) is 9.03. The van der Waals surface area contributed by atoms with Gasteiger partial charge in [-0.05, 0) is 25.0 Å². The lowest BCUT2D eigenvalue weighted by molar-refractivity contribution is -0.141. The highest BCUT2D eigenvalue weighted by atomic mass is 19.1. The van der Waals surface area contributed by atoms with Crippen molar-refractivity contribution < 1.29 is 14.3 Å². The number of hydrogen-bond donors (Lipinski definition) is 2. The molecule has 4 heteroatoms. The van der Waals surface area contributed by atoms with Crippen LogP contribution in [0.3, 0.4) is 0 Å². The average molecular weight is 223 g/mol. The van der Waals surface area contributed by atoms with Crippen LogP contribution in [0.2, 0.25) is 0 Å². The molecule has 0 aliphatic carbocycles. The Bertz CT molecular complexity index is 419. The number of aliphatic carboxylic acids is 1. The van der Waals surface area contributed by atoms with E-state index in [4.69, 9.17) is 5.11 Å². The molecule has 2 rings (SSSR count). The summed E-state index contributed by atoms with van der Waals surface area (Å²) in [5.74, 6) is -1.43. The number of anilines is 1. The van der Waals surface area contributed by atoms with E-state index in [9.17, 15) is 9.18 Å². The summed E-state index contributed by atoms with van der Waals surface area (Å²) >= 11 is 0. The topological polar surface area (TPSA) is 49.3 Å². The summed E-state index contributed by atoms with van der Waals surface area (Å²) in [6.45, 7) is 1.67. The molecule has 0 bridgehead atoms. The van der Waals surface area contributed by atoms with Gasteiger partial charge in [0, 0.05) is 17.3 Å². The Labute approximate surface area is 93.3 Å². The molecular formula is C12H14FNO2. The third kappa shape index (κ3) is 2.01. The zero-order chi connectivity index (χ0) is 11.7. The average Bonchev–Trinajstić information content (AvgIpc) is 2.61. The van der Waals surface area contributed by atoms with Gasteiger partial charge in [-0.15, -0.1) is 0 Å². The standard InChI is InChI=1S/C12H14FNO2/c1-7(12(15)16)5-8-6-9-10(13)3-2-4-11(9)14-8/h2-4,7-8,14H,5-6H2,1H3,(H,15,16). The Morgan fingerprint density at radius 3 is 3.06 bits per heavy atom. The molecule has 16 heavy (non-hydrogen) atoms. The van der Waals surface area contributed by atoms with E-state index >= 15 is 0 Å². The molecule has 86 valence electrons. The fourth-order valence-electron chi connectivity index (χ4n) is 2.09. The molecular weight excluding hydrogens is 209 g/mol. The number of nitrogens with one attached hydrogen (secondary N) is 1. The molecule has 1 aliphatic rings. The van der Waals surface area contributed by atoms with Crippen LogP contribution in [0.1, 0.15) is 18.9 Å². The van der Waals surface area contributed by atoms with Crippen LogP contribution < -0.4 is 5.32 Å². The fourth-order valence-corrected chi connectivity index (χ4v) is 2.09. The highest BCUT2D eigenvalue weighted by Crippen LogP contribution is 2.30. The molecule has 1 aliphatic heterocycles. The molecule has 2 unspecified atom stereocenters. The molecule has 0 aromatic heterocycles. The summed E-state index contributed by atoms with van der Waals surface area (Å²) in [5, 5.41) is 12.0. The number of carboxylic acids is 1. The summed E-state index contributed by atoms with van der Waals surface area (Å²) in [6.07, 6.45) is 1.09. The molecule has 1 aromatic carbocycles. The Morgan fingerprint density at radius 1 is 1.69 bits per heavy atom. The largest absolute Gasteiger partial charge is 0.481 e. The molecule has 2 N–H and O–H groups in total. The highest BCUT2D eigenvalue weighted by molar-refractivity contribution is 5.69. The Morgan fingerprint density at radius 2 is 2.44 bits per heavy atom. The van der Waals surface area contributed by atoms with Gasteiger partial charge in [0.15, 0.2) is 0 Å².